The molecule has 0 saturated heterocycles. The molecule has 0 spiro atoms. The van der Waals surface area contributed by atoms with Gasteiger partial charge in [0.1, 0.15) is 5.70 Å². The van der Waals surface area contributed by atoms with Gasteiger partial charge >= 0.3 is 0 Å². The molecule has 3 heteroatoms. The van der Waals surface area contributed by atoms with Crippen LogP contribution in [0.4, 0.5) is 0 Å². The molecule has 0 aliphatic rings. The van der Waals surface area contributed by atoms with Crippen molar-refractivity contribution in [1.82, 2.24) is 9.78 Å². The van der Waals surface area contributed by atoms with Gasteiger partial charge in [-0.25, -0.2) is 4.68 Å². The molecule has 0 radical (unpaired) electrons. The predicted octanol–water partition coefficient (Wildman–Crippen LogP) is 3.25. The van der Waals surface area contributed by atoms with Crippen molar-refractivity contribution in [1.29, 1.82) is 0 Å². The van der Waals surface area contributed by atoms with Crippen LogP contribution in [0.15, 0.2) is 48.8 Å². The molecule has 0 atom stereocenters. The summed E-state index contributed by atoms with van der Waals surface area (Å²) in [6.45, 7) is 2.00. The van der Waals surface area contributed by atoms with Gasteiger partial charge in [-0.05, 0) is 24.1 Å². The monoisotopic (exact) mass is 240 g/mol. The maximum absolute atomic E-state index is 12.1. The van der Waals surface area contributed by atoms with Gasteiger partial charge in [0.2, 0.25) is 0 Å². The lowest BCUT2D eigenvalue weighted by Crippen LogP contribution is -2.08. The van der Waals surface area contributed by atoms with E-state index < -0.39 is 0 Å². The highest BCUT2D eigenvalue weighted by atomic mass is 16.1. The quantitative estimate of drug-likeness (QED) is 0.752. The number of rotatable bonds is 5. The van der Waals surface area contributed by atoms with Crippen molar-refractivity contribution >= 4 is 17.6 Å². The molecule has 0 N–H and O–H groups in total. The van der Waals surface area contributed by atoms with Crippen LogP contribution in [0.1, 0.15) is 25.3 Å². The molecule has 0 bridgehead atoms. The third-order valence-electron chi connectivity index (χ3n) is 2.62. The summed E-state index contributed by atoms with van der Waals surface area (Å²) < 4.78 is 1.63. The van der Waals surface area contributed by atoms with Gasteiger partial charge in [-0.2, -0.15) is 5.10 Å². The van der Waals surface area contributed by atoms with Crippen molar-refractivity contribution in [2.45, 2.75) is 19.8 Å². The van der Waals surface area contributed by atoms with E-state index in [4.69, 9.17) is 0 Å². The van der Waals surface area contributed by atoms with Crippen molar-refractivity contribution in [3.63, 3.8) is 0 Å². The molecule has 2 aromatic rings. The zero-order valence-electron chi connectivity index (χ0n) is 10.4. The average molecular weight is 240 g/mol. The van der Waals surface area contributed by atoms with Crippen LogP contribution >= 0.6 is 0 Å². The van der Waals surface area contributed by atoms with Gasteiger partial charge in [0, 0.05) is 18.8 Å². The molecule has 0 aliphatic heterocycles. The van der Waals surface area contributed by atoms with Crippen LogP contribution in [0, 0.1) is 0 Å². The highest BCUT2D eigenvalue weighted by Gasteiger charge is 2.10. The van der Waals surface area contributed by atoms with E-state index in [1.54, 1.807) is 17.1 Å². The first-order valence-electron chi connectivity index (χ1n) is 6.11. The standard InChI is InChI=1S/C15H16N2O/c1-2-7-15(18)14(17-11-6-10-16-17)12-13-8-4-3-5-9-13/h3-6,8-12H,2,7H2,1H3/b14-12-. The van der Waals surface area contributed by atoms with Crippen LogP contribution in [0.3, 0.4) is 0 Å². The Balaban J connectivity index is 2.37. The summed E-state index contributed by atoms with van der Waals surface area (Å²) in [5, 5.41) is 4.14. The lowest BCUT2D eigenvalue weighted by Gasteiger charge is -2.06. The number of ketones is 1. The van der Waals surface area contributed by atoms with Crippen molar-refractivity contribution in [2.24, 2.45) is 0 Å². The minimum atomic E-state index is 0.116. The van der Waals surface area contributed by atoms with E-state index in [0.717, 1.165) is 12.0 Å². The lowest BCUT2D eigenvalue weighted by atomic mass is 10.1. The van der Waals surface area contributed by atoms with Gasteiger partial charge in [-0.15, -0.1) is 0 Å². The van der Waals surface area contributed by atoms with Gasteiger partial charge in [0.25, 0.3) is 0 Å². The van der Waals surface area contributed by atoms with E-state index in [0.29, 0.717) is 12.1 Å². The van der Waals surface area contributed by atoms with Crippen molar-refractivity contribution in [2.75, 3.05) is 0 Å². The van der Waals surface area contributed by atoms with E-state index in [-0.39, 0.29) is 5.78 Å². The number of allylic oxidation sites excluding steroid dienone is 1. The maximum Gasteiger partial charge on any atom is 0.181 e. The number of hydrogen-bond acceptors (Lipinski definition) is 2. The van der Waals surface area contributed by atoms with Crippen molar-refractivity contribution in [3.8, 4) is 0 Å². The summed E-state index contributed by atoms with van der Waals surface area (Å²) in [7, 11) is 0. The fourth-order valence-electron chi connectivity index (χ4n) is 1.75. The van der Waals surface area contributed by atoms with Gasteiger partial charge < -0.3 is 0 Å². The van der Waals surface area contributed by atoms with Crippen molar-refractivity contribution < 1.29 is 4.79 Å². The second-order valence-corrected chi connectivity index (χ2v) is 4.06. The number of hydrogen-bond donors (Lipinski definition) is 0. The Morgan fingerprint density at radius 3 is 2.67 bits per heavy atom. The molecule has 0 aliphatic carbocycles. The fourth-order valence-corrected chi connectivity index (χ4v) is 1.75. The third-order valence-corrected chi connectivity index (χ3v) is 2.62. The maximum atomic E-state index is 12.1. The SMILES string of the molecule is CCCC(=O)/C(=C/c1ccccc1)n1cccn1. The molecule has 0 saturated carbocycles. The largest absolute Gasteiger partial charge is 0.292 e. The summed E-state index contributed by atoms with van der Waals surface area (Å²) in [6, 6.07) is 11.6. The Bertz CT molecular complexity index is 527. The predicted molar refractivity (Wildman–Crippen MR) is 72.8 cm³/mol. The molecule has 0 unspecified atom stereocenters. The lowest BCUT2D eigenvalue weighted by molar-refractivity contribution is -0.114. The van der Waals surface area contributed by atoms with Crippen LogP contribution in [0.2, 0.25) is 0 Å². The summed E-state index contributed by atoms with van der Waals surface area (Å²) >= 11 is 0. The normalized spacial score (nSPS) is 11.5. The minimum Gasteiger partial charge on any atom is -0.292 e. The summed E-state index contributed by atoms with van der Waals surface area (Å²) in [4.78, 5) is 12.1. The zero-order valence-corrected chi connectivity index (χ0v) is 10.4. The molecular weight excluding hydrogens is 224 g/mol. The van der Waals surface area contributed by atoms with E-state index in [1.807, 2.05) is 49.4 Å². The van der Waals surface area contributed by atoms with Crippen LogP contribution in [-0.4, -0.2) is 15.6 Å². The first kappa shape index (κ1) is 12.3. The Kier molecular flexibility index (Phi) is 4.07. The molecule has 1 heterocycles. The molecule has 2 rings (SSSR count). The first-order valence-corrected chi connectivity index (χ1v) is 6.11. The fraction of sp³-hybridized carbons (Fsp3) is 0.200. The van der Waals surface area contributed by atoms with Crippen LogP contribution < -0.4 is 0 Å². The minimum absolute atomic E-state index is 0.116. The second kappa shape index (κ2) is 5.96. The van der Waals surface area contributed by atoms with Crippen molar-refractivity contribution in [3.05, 3.63) is 54.4 Å². The van der Waals surface area contributed by atoms with Gasteiger partial charge in [0.05, 0.1) is 0 Å². The molecule has 0 amide bonds. The third kappa shape index (κ3) is 2.94. The van der Waals surface area contributed by atoms with Crippen LogP contribution in [-0.2, 0) is 4.79 Å². The summed E-state index contributed by atoms with van der Waals surface area (Å²) in [5.41, 5.74) is 1.63. The number of Topliss-reactive ketones (excluding diaryl/α,β-unsaturated/α-hetero) is 1. The Labute approximate surface area is 107 Å². The van der Waals surface area contributed by atoms with E-state index in [9.17, 15) is 4.79 Å². The van der Waals surface area contributed by atoms with E-state index in [1.165, 1.54) is 0 Å². The van der Waals surface area contributed by atoms with E-state index >= 15 is 0 Å². The Hall–Kier alpha value is -2.16. The average Bonchev–Trinajstić information content (AvgIpc) is 2.91. The Morgan fingerprint density at radius 1 is 1.28 bits per heavy atom. The number of nitrogens with zero attached hydrogens (tertiary/aromatic N) is 2. The van der Waals surface area contributed by atoms with E-state index in [2.05, 4.69) is 5.10 Å². The molecule has 0 fully saturated rings. The summed E-state index contributed by atoms with van der Waals surface area (Å²) in [6.07, 6.45) is 6.73. The highest BCUT2D eigenvalue weighted by molar-refractivity contribution is 6.19. The van der Waals surface area contributed by atoms with Crippen LogP contribution in [0.25, 0.3) is 11.8 Å². The number of benzene rings is 1. The highest BCUT2D eigenvalue weighted by Crippen LogP contribution is 2.14. The first-order chi connectivity index (χ1) is 8.81. The van der Waals surface area contributed by atoms with Gasteiger partial charge in [0.15, 0.2) is 5.78 Å². The van der Waals surface area contributed by atoms with Gasteiger partial charge in [-0.1, -0.05) is 37.3 Å². The molecule has 1 aromatic carbocycles. The topological polar surface area (TPSA) is 34.9 Å². The molecule has 92 valence electrons. The zero-order chi connectivity index (χ0) is 12.8. The van der Waals surface area contributed by atoms with Crippen LogP contribution in [0.5, 0.6) is 0 Å². The number of carbonyl (C=O) groups excluding carboxylic acids is 1. The molecular formula is C15H16N2O. The molecule has 1 aromatic heterocycles. The van der Waals surface area contributed by atoms with Gasteiger partial charge in [-0.3, -0.25) is 4.79 Å². The number of carbonyl (C=O) groups is 1. The summed E-state index contributed by atoms with van der Waals surface area (Å²) in [5.74, 6) is 0.116. The second-order valence-electron chi connectivity index (χ2n) is 4.06. The Morgan fingerprint density at radius 2 is 2.06 bits per heavy atom. The molecule has 18 heavy (non-hydrogen) atoms. The smallest absolute Gasteiger partial charge is 0.181 e. The number of aromatic nitrogens is 2. The molecule has 3 nitrogen and oxygen atoms in total.